The van der Waals surface area contributed by atoms with Gasteiger partial charge < -0.3 is 10.1 Å². The number of hydrogen-bond donors (Lipinski definition) is 2. The number of benzene rings is 2. The summed E-state index contributed by atoms with van der Waals surface area (Å²) in [5, 5.41) is 9.93. The van der Waals surface area contributed by atoms with Gasteiger partial charge in [-0.1, -0.05) is 18.2 Å². The highest BCUT2D eigenvalue weighted by atomic mass is 16.4. The lowest BCUT2D eigenvalue weighted by Gasteiger charge is -2.13. The molecule has 6 heteroatoms. The van der Waals surface area contributed by atoms with Gasteiger partial charge in [-0.3, -0.25) is 9.59 Å². The Labute approximate surface area is 148 Å². The van der Waals surface area contributed by atoms with Gasteiger partial charge in [0.1, 0.15) is 0 Å². The van der Waals surface area contributed by atoms with Gasteiger partial charge in [-0.2, -0.15) is 0 Å². The molecule has 0 spiro atoms. The van der Waals surface area contributed by atoms with Crippen molar-refractivity contribution < 1.29 is 19.5 Å². The molecule has 0 radical (unpaired) electrons. The summed E-state index contributed by atoms with van der Waals surface area (Å²) in [5.74, 6) is -1.77. The highest BCUT2D eigenvalue weighted by molar-refractivity contribution is 6.29. The second kappa shape index (κ2) is 6.00. The first-order chi connectivity index (χ1) is 12.5. The summed E-state index contributed by atoms with van der Waals surface area (Å²) in [6.45, 7) is 0. The maximum absolute atomic E-state index is 12.7. The number of fused-ring (bicyclic) bond motifs is 1. The molecule has 1 aromatic heterocycles. The summed E-state index contributed by atoms with van der Waals surface area (Å²) in [7, 11) is 0. The van der Waals surface area contributed by atoms with E-state index >= 15 is 0 Å². The lowest BCUT2D eigenvalue weighted by molar-refractivity contribution is -0.120. The number of para-hydroxylation sites is 1. The number of carboxylic acids is 1. The van der Waals surface area contributed by atoms with Gasteiger partial charge in [0, 0.05) is 28.2 Å². The predicted molar refractivity (Wildman–Crippen MR) is 96.8 cm³/mol. The standard InChI is InChI=1S/C20H14N2O4/c23-18-10-13(9-14-11-21-17-4-2-1-3-16(14)17)19(24)22(18)15-7-5-12(6-8-15)20(25)26/h1-9,11,21H,10H2,(H,25,26). The topological polar surface area (TPSA) is 90.5 Å². The normalized spacial score (nSPS) is 16.0. The largest absolute Gasteiger partial charge is 0.478 e. The number of aromatic nitrogens is 1. The number of aromatic amines is 1. The average Bonchev–Trinajstić information content (AvgIpc) is 3.16. The zero-order chi connectivity index (χ0) is 18.3. The number of carboxylic acid groups (broad SMARTS) is 1. The molecule has 6 nitrogen and oxygen atoms in total. The number of anilines is 1. The maximum atomic E-state index is 12.7. The first-order valence-electron chi connectivity index (χ1n) is 8.02. The Morgan fingerprint density at radius 2 is 1.81 bits per heavy atom. The molecule has 0 unspecified atom stereocenters. The van der Waals surface area contributed by atoms with Crippen molar-refractivity contribution in [3.05, 3.63) is 71.4 Å². The number of nitrogens with zero attached hydrogens (tertiary/aromatic N) is 1. The molecule has 0 bridgehead atoms. The summed E-state index contributed by atoms with van der Waals surface area (Å²) in [6.07, 6.45) is 3.55. The fourth-order valence-electron chi connectivity index (χ4n) is 3.10. The molecule has 4 rings (SSSR count). The van der Waals surface area contributed by atoms with Gasteiger partial charge in [-0.15, -0.1) is 0 Å². The maximum Gasteiger partial charge on any atom is 0.335 e. The molecule has 0 saturated carbocycles. The second-order valence-electron chi connectivity index (χ2n) is 6.02. The van der Waals surface area contributed by atoms with E-state index in [1.807, 2.05) is 24.3 Å². The monoisotopic (exact) mass is 346 g/mol. The van der Waals surface area contributed by atoms with Crippen LogP contribution in [-0.4, -0.2) is 27.9 Å². The van der Waals surface area contributed by atoms with E-state index in [2.05, 4.69) is 4.98 Å². The minimum absolute atomic E-state index is 0.0129. The van der Waals surface area contributed by atoms with Gasteiger partial charge in [0.05, 0.1) is 17.7 Å². The molecule has 2 amide bonds. The van der Waals surface area contributed by atoms with E-state index in [1.165, 1.54) is 24.3 Å². The zero-order valence-corrected chi connectivity index (χ0v) is 13.6. The van der Waals surface area contributed by atoms with Gasteiger partial charge in [-0.05, 0) is 36.4 Å². The van der Waals surface area contributed by atoms with Crippen molar-refractivity contribution >= 4 is 40.4 Å². The van der Waals surface area contributed by atoms with Crippen LogP contribution in [0.25, 0.3) is 17.0 Å². The molecule has 3 aromatic rings. The summed E-state index contributed by atoms with van der Waals surface area (Å²) in [6, 6.07) is 13.4. The number of aromatic carboxylic acids is 1. The minimum Gasteiger partial charge on any atom is -0.478 e. The molecule has 0 aliphatic carbocycles. The Hall–Kier alpha value is -3.67. The van der Waals surface area contributed by atoms with E-state index in [-0.39, 0.29) is 23.8 Å². The SMILES string of the molecule is O=C(O)c1ccc(N2C(=O)CC(=Cc3c[nH]c4ccccc34)C2=O)cc1. The van der Waals surface area contributed by atoms with Crippen LogP contribution in [0.4, 0.5) is 5.69 Å². The minimum atomic E-state index is -1.06. The van der Waals surface area contributed by atoms with Crippen molar-refractivity contribution in [2.24, 2.45) is 0 Å². The third-order valence-corrected chi connectivity index (χ3v) is 4.39. The number of nitrogens with one attached hydrogen (secondary N) is 1. The van der Waals surface area contributed by atoms with E-state index in [1.54, 1.807) is 12.3 Å². The van der Waals surface area contributed by atoms with Crippen LogP contribution in [-0.2, 0) is 9.59 Å². The molecule has 1 aliphatic heterocycles. The summed E-state index contributed by atoms with van der Waals surface area (Å²) >= 11 is 0. The molecular formula is C20H14N2O4. The summed E-state index contributed by atoms with van der Waals surface area (Å²) in [4.78, 5) is 40.2. The van der Waals surface area contributed by atoms with Crippen LogP contribution in [0.3, 0.4) is 0 Å². The number of carbonyl (C=O) groups is 3. The molecule has 2 heterocycles. The highest BCUT2D eigenvalue weighted by Crippen LogP contribution is 2.29. The Morgan fingerprint density at radius 1 is 1.08 bits per heavy atom. The van der Waals surface area contributed by atoms with Crippen molar-refractivity contribution in [2.75, 3.05) is 4.90 Å². The number of hydrogen-bond acceptors (Lipinski definition) is 3. The second-order valence-corrected chi connectivity index (χ2v) is 6.02. The number of imide groups is 1. The van der Waals surface area contributed by atoms with Crippen LogP contribution < -0.4 is 4.90 Å². The smallest absolute Gasteiger partial charge is 0.335 e. The lowest BCUT2D eigenvalue weighted by Crippen LogP contribution is -2.28. The third kappa shape index (κ3) is 2.57. The van der Waals surface area contributed by atoms with Gasteiger partial charge in [-0.25, -0.2) is 9.69 Å². The highest BCUT2D eigenvalue weighted by Gasteiger charge is 2.35. The van der Waals surface area contributed by atoms with Crippen molar-refractivity contribution in [3.63, 3.8) is 0 Å². The lowest BCUT2D eigenvalue weighted by atomic mass is 10.1. The zero-order valence-electron chi connectivity index (χ0n) is 13.6. The number of carbonyl (C=O) groups excluding carboxylic acids is 2. The molecule has 26 heavy (non-hydrogen) atoms. The average molecular weight is 346 g/mol. The van der Waals surface area contributed by atoms with Crippen molar-refractivity contribution in [2.45, 2.75) is 6.42 Å². The molecule has 2 aromatic carbocycles. The first-order valence-corrected chi connectivity index (χ1v) is 8.02. The van der Waals surface area contributed by atoms with Gasteiger partial charge in [0.15, 0.2) is 0 Å². The first kappa shape index (κ1) is 15.8. The van der Waals surface area contributed by atoms with Gasteiger partial charge in [0.25, 0.3) is 5.91 Å². The van der Waals surface area contributed by atoms with E-state index in [0.29, 0.717) is 11.3 Å². The Balaban J connectivity index is 1.68. The van der Waals surface area contributed by atoms with Crippen LogP contribution in [0, 0.1) is 0 Å². The van der Waals surface area contributed by atoms with E-state index in [9.17, 15) is 14.4 Å². The molecular weight excluding hydrogens is 332 g/mol. The Bertz CT molecular complexity index is 1080. The molecule has 1 saturated heterocycles. The van der Waals surface area contributed by atoms with Crippen molar-refractivity contribution in [1.29, 1.82) is 0 Å². The van der Waals surface area contributed by atoms with Crippen molar-refractivity contribution in [3.8, 4) is 0 Å². The molecule has 2 N–H and O–H groups in total. The molecule has 1 aliphatic rings. The van der Waals surface area contributed by atoms with Crippen LogP contribution >= 0.6 is 0 Å². The van der Waals surface area contributed by atoms with E-state index in [0.717, 1.165) is 21.4 Å². The molecule has 128 valence electrons. The van der Waals surface area contributed by atoms with Gasteiger partial charge >= 0.3 is 5.97 Å². The van der Waals surface area contributed by atoms with E-state index < -0.39 is 5.97 Å². The fourth-order valence-corrected chi connectivity index (χ4v) is 3.10. The van der Waals surface area contributed by atoms with Crippen LogP contribution in [0.2, 0.25) is 0 Å². The predicted octanol–water partition coefficient (Wildman–Crippen LogP) is 3.21. The molecule has 0 atom stereocenters. The Morgan fingerprint density at radius 3 is 2.54 bits per heavy atom. The number of H-pyrrole nitrogens is 1. The third-order valence-electron chi connectivity index (χ3n) is 4.39. The van der Waals surface area contributed by atoms with Crippen LogP contribution in [0.15, 0.2) is 60.3 Å². The quantitative estimate of drug-likeness (QED) is 0.563. The van der Waals surface area contributed by atoms with Crippen molar-refractivity contribution in [1.82, 2.24) is 4.98 Å². The molecule has 1 fully saturated rings. The van der Waals surface area contributed by atoms with Gasteiger partial charge in [0.2, 0.25) is 5.91 Å². The summed E-state index contributed by atoms with van der Waals surface area (Å²) < 4.78 is 0. The summed E-state index contributed by atoms with van der Waals surface area (Å²) in [5.41, 5.74) is 2.67. The Kier molecular flexibility index (Phi) is 3.65. The van der Waals surface area contributed by atoms with E-state index in [4.69, 9.17) is 5.11 Å². The van der Waals surface area contributed by atoms with Crippen LogP contribution in [0.1, 0.15) is 22.3 Å². The number of amides is 2. The fraction of sp³-hybridized carbons (Fsp3) is 0.0500. The van der Waals surface area contributed by atoms with Crippen LogP contribution in [0.5, 0.6) is 0 Å². The number of rotatable bonds is 3.